The van der Waals surface area contributed by atoms with E-state index in [2.05, 4.69) is 15.3 Å². The maximum atomic E-state index is 11.7. The summed E-state index contributed by atoms with van der Waals surface area (Å²) in [4.78, 5) is 19.6. The molecule has 0 unspecified atom stereocenters. The third kappa shape index (κ3) is 3.60. The van der Waals surface area contributed by atoms with Crippen molar-refractivity contribution in [2.24, 2.45) is 0 Å². The zero-order valence-electron chi connectivity index (χ0n) is 13.6. The zero-order chi connectivity index (χ0) is 16.9. The van der Waals surface area contributed by atoms with Crippen molar-refractivity contribution in [3.05, 3.63) is 53.2 Å². The first-order valence-corrected chi connectivity index (χ1v) is 8.55. The Morgan fingerprint density at radius 3 is 2.92 bits per heavy atom. The van der Waals surface area contributed by atoms with Gasteiger partial charge in [0.1, 0.15) is 0 Å². The molecule has 0 atom stereocenters. The number of carbonyl (C=O) groups excluding carboxylic acids is 1. The van der Waals surface area contributed by atoms with Gasteiger partial charge in [-0.15, -0.1) is 0 Å². The number of aryl methyl sites for hydroxylation is 1. The standard InChI is InChI=1S/C19H20ClN3O/c1-2-21-18(24)8-5-6-14-15-12-13(20)9-10-16(15)23-19(14)17-7-3-4-11-22-17/h3-4,7,9-12,23H,2,5-6,8H2,1H3,(H,21,24). The van der Waals surface area contributed by atoms with Crippen molar-refractivity contribution in [1.82, 2.24) is 15.3 Å². The summed E-state index contributed by atoms with van der Waals surface area (Å²) in [6, 6.07) is 11.7. The Morgan fingerprint density at radius 2 is 2.17 bits per heavy atom. The molecule has 0 saturated heterocycles. The zero-order valence-corrected chi connectivity index (χ0v) is 14.4. The number of H-pyrrole nitrogens is 1. The lowest BCUT2D eigenvalue weighted by Gasteiger charge is -2.05. The van der Waals surface area contributed by atoms with Crippen molar-refractivity contribution in [2.45, 2.75) is 26.2 Å². The fourth-order valence-electron chi connectivity index (χ4n) is 2.92. The van der Waals surface area contributed by atoms with Gasteiger partial charge in [0.2, 0.25) is 5.91 Å². The second-order valence-electron chi connectivity index (χ2n) is 5.69. The summed E-state index contributed by atoms with van der Waals surface area (Å²) in [5.41, 5.74) is 4.10. The Bertz CT molecular complexity index is 842. The van der Waals surface area contributed by atoms with Crippen molar-refractivity contribution in [2.75, 3.05) is 6.54 Å². The maximum absolute atomic E-state index is 11.7. The van der Waals surface area contributed by atoms with Gasteiger partial charge in [-0.05, 0) is 55.7 Å². The quantitative estimate of drug-likeness (QED) is 0.700. The number of fused-ring (bicyclic) bond motifs is 1. The smallest absolute Gasteiger partial charge is 0.219 e. The molecule has 2 heterocycles. The number of rotatable bonds is 6. The van der Waals surface area contributed by atoms with Crippen molar-refractivity contribution in [3.63, 3.8) is 0 Å². The normalized spacial score (nSPS) is 10.9. The first-order valence-electron chi connectivity index (χ1n) is 8.17. The van der Waals surface area contributed by atoms with E-state index < -0.39 is 0 Å². The Kier molecular flexibility index (Phi) is 5.16. The summed E-state index contributed by atoms with van der Waals surface area (Å²) in [5, 5.41) is 4.64. The molecule has 5 heteroatoms. The van der Waals surface area contributed by atoms with Crippen LogP contribution >= 0.6 is 11.6 Å². The molecule has 0 aliphatic heterocycles. The summed E-state index contributed by atoms with van der Waals surface area (Å²) in [6.07, 6.45) is 3.88. The number of nitrogens with zero attached hydrogens (tertiary/aromatic N) is 1. The van der Waals surface area contributed by atoms with E-state index in [0.29, 0.717) is 18.0 Å². The molecule has 0 saturated carbocycles. The lowest BCUT2D eigenvalue weighted by Crippen LogP contribution is -2.22. The van der Waals surface area contributed by atoms with Crippen LogP contribution in [0.1, 0.15) is 25.3 Å². The van der Waals surface area contributed by atoms with E-state index in [1.165, 1.54) is 0 Å². The second-order valence-corrected chi connectivity index (χ2v) is 6.13. The molecule has 124 valence electrons. The molecular weight excluding hydrogens is 322 g/mol. The summed E-state index contributed by atoms with van der Waals surface area (Å²) >= 11 is 6.18. The van der Waals surface area contributed by atoms with Crippen LogP contribution in [0.25, 0.3) is 22.3 Å². The highest BCUT2D eigenvalue weighted by molar-refractivity contribution is 6.31. The van der Waals surface area contributed by atoms with Crippen LogP contribution in [0.2, 0.25) is 5.02 Å². The molecule has 1 amide bonds. The number of hydrogen-bond donors (Lipinski definition) is 2. The third-order valence-electron chi connectivity index (χ3n) is 3.99. The predicted octanol–water partition coefficient (Wildman–Crippen LogP) is 4.34. The summed E-state index contributed by atoms with van der Waals surface area (Å²) in [5.74, 6) is 0.0924. The fraction of sp³-hybridized carbons (Fsp3) is 0.263. The molecule has 3 aromatic rings. The minimum Gasteiger partial charge on any atom is -0.356 e. The van der Waals surface area contributed by atoms with Crippen molar-refractivity contribution in [3.8, 4) is 11.4 Å². The third-order valence-corrected chi connectivity index (χ3v) is 4.23. The van der Waals surface area contributed by atoms with Crippen molar-refractivity contribution < 1.29 is 4.79 Å². The molecule has 4 nitrogen and oxygen atoms in total. The molecule has 0 aliphatic carbocycles. The highest BCUT2D eigenvalue weighted by Crippen LogP contribution is 2.32. The number of benzene rings is 1. The molecule has 0 bridgehead atoms. The average Bonchev–Trinajstić information content (AvgIpc) is 2.94. The minimum atomic E-state index is 0.0924. The SMILES string of the molecule is CCNC(=O)CCCc1c(-c2ccccn2)[nH]c2ccc(Cl)cc12. The van der Waals surface area contributed by atoms with Gasteiger partial charge >= 0.3 is 0 Å². The topological polar surface area (TPSA) is 57.8 Å². The van der Waals surface area contributed by atoms with Crippen LogP contribution in [0.4, 0.5) is 0 Å². The number of carbonyl (C=O) groups is 1. The van der Waals surface area contributed by atoms with Gasteiger partial charge in [-0.2, -0.15) is 0 Å². The number of amides is 1. The molecule has 2 aromatic heterocycles. The molecular formula is C19H20ClN3O. The summed E-state index contributed by atoms with van der Waals surface area (Å²) < 4.78 is 0. The molecule has 0 aliphatic rings. The molecule has 0 radical (unpaired) electrons. The van der Waals surface area contributed by atoms with Gasteiger partial charge in [0.05, 0.1) is 11.4 Å². The number of pyridine rings is 1. The van der Waals surface area contributed by atoms with Crippen LogP contribution in [0.5, 0.6) is 0 Å². The van der Waals surface area contributed by atoms with Gasteiger partial charge in [-0.1, -0.05) is 17.7 Å². The van der Waals surface area contributed by atoms with Gasteiger partial charge < -0.3 is 10.3 Å². The van der Waals surface area contributed by atoms with E-state index >= 15 is 0 Å². The summed E-state index contributed by atoms with van der Waals surface area (Å²) in [7, 11) is 0. The van der Waals surface area contributed by atoms with Crippen molar-refractivity contribution >= 4 is 28.4 Å². The predicted molar refractivity (Wildman–Crippen MR) is 98.2 cm³/mol. The number of nitrogens with one attached hydrogen (secondary N) is 2. The van der Waals surface area contributed by atoms with Crippen LogP contribution in [0.15, 0.2) is 42.6 Å². The number of aromatic nitrogens is 2. The highest BCUT2D eigenvalue weighted by Gasteiger charge is 2.14. The van der Waals surface area contributed by atoms with E-state index in [1.807, 2.05) is 43.3 Å². The van der Waals surface area contributed by atoms with Crippen molar-refractivity contribution in [1.29, 1.82) is 0 Å². The lowest BCUT2D eigenvalue weighted by atomic mass is 10.0. The second kappa shape index (κ2) is 7.49. The van der Waals surface area contributed by atoms with Crippen LogP contribution in [-0.4, -0.2) is 22.4 Å². The lowest BCUT2D eigenvalue weighted by molar-refractivity contribution is -0.121. The number of aromatic amines is 1. The van der Waals surface area contributed by atoms with Gasteiger partial charge in [0, 0.05) is 35.1 Å². The van der Waals surface area contributed by atoms with Gasteiger partial charge in [0.25, 0.3) is 0 Å². The number of halogens is 1. The minimum absolute atomic E-state index is 0.0924. The highest BCUT2D eigenvalue weighted by atomic mass is 35.5. The Hall–Kier alpha value is -2.33. The molecule has 24 heavy (non-hydrogen) atoms. The van der Waals surface area contributed by atoms with Gasteiger partial charge in [0.15, 0.2) is 0 Å². The van der Waals surface area contributed by atoms with Crippen LogP contribution < -0.4 is 5.32 Å². The van der Waals surface area contributed by atoms with Crippen LogP contribution in [0.3, 0.4) is 0 Å². The maximum Gasteiger partial charge on any atom is 0.219 e. The monoisotopic (exact) mass is 341 g/mol. The summed E-state index contributed by atoms with van der Waals surface area (Å²) in [6.45, 7) is 2.60. The van der Waals surface area contributed by atoms with E-state index in [-0.39, 0.29) is 5.91 Å². The van der Waals surface area contributed by atoms with Gasteiger partial charge in [-0.25, -0.2) is 0 Å². The number of hydrogen-bond acceptors (Lipinski definition) is 2. The Balaban J connectivity index is 1.94. The van der Waals surface area contributed by atoms with Crippen LogP contribution in [0, 0.1) is 0 Å². The van der Waals surface area contributed by atoms with E-state index in [0.717, 1.165) is 40.7 Å². The van der Waals surface area contributed by atoms with E-state index in [9.17, 15) is 4.79 Å². The van der Waals surface area contributed by atoms with Gasteiger partial charge in [-0.3, -0.25) is 9.78 Å². The Morgan fingerprint density at radius 1 is 1.29 bits per heavy atom. The first-order chi connectivity index (χ1) is 11.7. The largest absolute Gasteiger partial charge is 0.356 e. The Labute approximate surface area is 146 Å². The molecule has 0 fully saturated rings. The molecule has 1 aromatic carbocycles. The first kappa shape index (κ1) is 16.5. The molecule has 3 rings (SSSR count). The van der Waals surface area contributed by atoms with Crippen LogP contribution in [-0.2, 0) is 11.2 Å². The average molecular weight is 342 g/mol. The van der Waals surface area contributed by atoms with E-state index in [4.69, 9.17) is 11.6 Å². The molecule has 2 N–H and O–H groups in total. The van der Waals surface area contributed by atoms with E-state index in [1.54, 1.807) is 6.20 Å². The fourth-order valence-corrected chi connectivity index (χ4v) is 3.09. The molecule has 0 spiro atoms.